The van der Waals surface area contributed by atoms with Crippen LogP contribution < -0.4 is 5.32 Å². The Morgan fingerprint density at radius 1 is 1.05 bits per heavy atom. The molecule has 0 bridgehead atoms. The maximum Gasteiger partial charge on any atom is 0.317 e. The lowest BCUT2D eigenvalue weighted by molar-refractivity contribution is 0.0385. The normalized spacial score (nSPS) is 22.5. The molecule has 2 aliphatic rings. The van der Waals surface area contributed by atoms with Gasteiger partial charge in [0.1, 0.15) is 0 Å². The smallest absolute Gasteiger partial charge is 0.317 e. The van der Waals surface area contributed by atoms with E-state index in [1.54, 1.807) is 0 Å². The molecule has 2 fully saturated rings. The molecule has 6 nitrogen and oxygen atoms in total. The van der Waals surface area contributed by atoms with E-state index in [-0.39, 0.29) is 6.03 Å². The second-order valence-electron chi connectivity index (χ2n) is 5.11. The Labute approximate surface area is 115 Å². The second-order valence-corrected chi connectivity index (χ2v) is 5.11. The van der Waals surface area contributed by atoms with Crippen molar-refractivity contribution in [2.75, 3.05) is 72.1 Å². The minimum atomic E-state index is 0.0870. The first-order valence-corrected chi connectivity index (χ1v) is 7.35. The van der Waals surface area contributed by atoms with Crippen LogP contribution in [0.2, 0.25) is 0 Å². The van der Waals surface area contributed by atoms with Gasteiger partial charge in [0.25, 0.3) is 0 Å². The second kappa shape index (κ2) is 7.67. The minimum Gasteiger partial charge on any atom is -0.379 e. The molecule has 0 aromatic carbocycles. The Hall–Kier alpha value is -0.850. The number of nitrogens with one attached hydrogen (secondary N) is 1. The number of carbonyl (C=O) groups excluding carboxylic acids is 1. The highest BCUT2D eigenvalue weighted by atomic mass is 16.5. The number of hydrogen-bond donors (Lipinski definition) is 1. The summed E-state index contributed by atoms with van der Waals surface area (Å²) in [4.78, 5) is 18.6. The summed E-state index contributed by atoms with van der Waals surface area (Å²) in [5.41, 5.74) is 0. The van der Waals surface area contributed by atoms with Crippen molar-refractivity contribution >= 4 is 6.03 Å². The standard InChI is InChI=1S/C13H26N4O2/c1-2-15-5-7-17(8-6-15)13(18)14-3-4-16-9-11-19-12-10-16/h2-12H2,1H3,(H,14,18). The predicted molar refractivity (Wildman–Crippen MR) is 74.3 cm³/mol. The van der Waals surface area contributed by atoms with E-state index >= 15 is 0 Å². The van der Waals surface area contributed by atoms with Gasteiger partial charge in [0, 0.05) is 52.4 Å². The van der Waals surface area contributed by atoms with Crippen LogP contribution in [0.5, 0.6) is 0 Å². The molecule has 0 radical (unpaired) electrons. The van der Waals surface area contributed by atoms with Crippen molar-refractivity contribution in [1.29, 1.82) is 0 Å². The number of likely N-dealkylation sites (N-methyl/N-ethyl adjacent to an activating group) is 1. The Kier molecular flexibility index (Phi) is 5.88. The summed E-state index contributed by atoms with van der Waals surface area (Å²) < 4.78 is 5.30. The SMILES string of the molecule is CCN1CCN(C(=O)NCCN2CCOCC2)CC1. The summed E-state index contributed by atoms with van der Waals surface area (Å²) in [5, 5.41) is 3.02. The van der Waals surface area contributed by atoms with Gasteiger partial charge in [-0.15, -0.1) is 0 Å². The van der Waals surface area contributed by atoms with Gasteiger partial charge in [0.05, 0.1) is 13.2 Å². The van der Waals surface area contributed by atoms with E-state index in [1.165, 1.54) is 0 Å². The number of amides is 2. The van der Waals surface area contributed by atoms with Crippen LogP contribution >= 0.6 is 0 Å². The fourth-order valence-electron chi connectivity index (χ4n) is 2.52. The highest BCUT2D eigenvalue weighted by molar-refractivity contribution is 5.74. The van der Waals surface area contributed by atoms with E-state index in [2.05, 4.69) is 22.0 Å². The molecule has 6 heteroatoms. The largest absolute Gasteiger partial charge is 0.379 e. The molecule has 0 saturated carbocycles. The summed E-state index contributed by atoms with van der Waals surface area (Å²) in [5.74, 6) is 0. The van der Waals surface area contributed by atoms with E-state index in [9.17, 15) is 4.79 Å². The highest BCUT2D eigenvalue weighted by Gasteiger charge is 2.19. The van der Waals surface area contributed by atoms with Gasteiger partial charge in [0.2, 0.25) is 0 Å². The third-order valence-electron chi connectivity index (χ3n) is 3.91. The topological polar surface area (TPSA) is 48.0 Å². The van der Waals surface area contributed by atoms with E-state index < -0.39 is 0 Å². The average Bonchev–Trinajstić information content (AvgIpc) is 2.48. The number of rotatable bonds is 4. The average molecular weight is 270 g/mol. The number of carbonyl (C=O) groups is 1. The molecule has 0 unspecified atom stereocenters. The molecule has 0 aromatic rings. The molecule has 110 valence electrons. The zero-order valence-corrected chi connectivity index (χ0v) is 11.9. The fourth-order valence-corrected chi connectivity index (χ4v) is 2.52. The zero-order chi connectivity index (χ0) is 13.5. The summed E-state index contributed by atoms with van der Waals surface area (Å²) >= 11 is 0. The third-order valence-corrected chi connectivity index (χ3v) is 3.91. The van der Waals surface area contributed by atoms with Gasteiger partial charge in [-0.2, -0.15) is 0 Å². The lowest BCUT2D eigenvalue weighted by Gasteiger charge is -2.34. The molecule has 1 N–H and O–H groups in total. The van der Waals surface area contributed by atoms with Gasteiger partial charge in [-0.1, -0.05) is 6.92 Å². The van der Waals surface area contributed by atoms with Gasteiger partial charge >= 0.3 is 6.03 Å². The Morgan fingerprint density at radius 2 is 1.74 bits per heavy atom. The summed E-state index contributed by atoms with van der Waals surface area (Å²) in [6, 6.07) is 0.0870. The van der Waals surface area contributed by atoms with Crippen LogP contribution in [0.25, 0.3) is 0 Å². The maximum atomic E-state index is 12.0. The van der Waals surface area contributed by atoms with Crippen LogP contribution in [0.1, 0.15) is 6.92 Å². The number of morpholine rings is 1. The zero-order valence-electron chi connectivity index (χ0n) is 11.9. The van der Waals surface area contributed by atoms with Crippen LogP contribution in [-0.2, 0) is 4.74 Å². The van der Waals surface area contributed by atoms with Crippen molar-refractivity contribution < 1.29 is 9.53 Å². The van der Waals surface area contributed by atoms with Gasteiger partial charge in [-0.05, 0) is 6.54 Å². The third kappa shape index (κ3) is 4.63. The lowest BCUT2D eigenvalue weighted by atomic mass is 10.3. The molecule has 0 atom stereocenters. The quantitative estimate of drug-likeness (QED) is 0.760. The van der Waals surface area contributed by atoms with Gasteiger partial charge in [0.15, 0.2) is 0 Å². The molecule has 2 aliphatic heterocycles. The number of urea groups is 1. The van der Waals surface area contributed by atoms with Crippen LogP contribution in [0.15, 0.2) is 0 Å². The van der Waals surface area contributed by atoms with Gasteiger partial charge in [-0.3, -0.25) is 4.90 Å². The van der Waals surface area contributed by atoms with E-state index in [0.717, 1.165) is 72.1 Å². The summed E-state index contributed by atoms with van der Waals surface area (Å²) in [7, 11) is 0. The maximum absolute atomic E-state index is 12.0. The molecule has 2 heterocycles. The van der Waals surface area contributed by atoms with Crippen LogP contribution in [0.4, 0.5) is 4.79 Å². The molecule has 0 aromatic heterocycles. The molecule has 2 rings (SSSR count). The summed E-state index contributed by atoms with van der Waals surface area (Å²) in [6.07, 6.45) is 0. The van der Waals surface area contributed by atoms with Crippen molar-refractivity contribution in [1.82, 2.24) is 20.0 Å². The first kappa shape index (κ1) is 14.6. The molecular formula is C13H26N4O2. The lowest BCUT2D eigenvalue weighted by Crippen LogP contribution is -2.52. The molecule has 2 saturated heterocycles. The molecule has 0 aliphatic carbocycles. The number of nitrogens with zero attached hydrogens (tertiary/aromatic N) is 3. The van der Waals surface area contributed by atoms with E-state index in [1.807, 2.05) is 4.90 Å². The van der Waals surface area contributed by atoms with Crippen LogP contribution in [0.3, 0.4) is 0 Å². The van der Waals surface area contributed by atoms with Crippen molar-refractivity contribution in [3.8, 4) is 0 Å². The van der Waals surface area contributed by atoms with E-state index in [4.69, 9.17) is 4.74 Å². The Morgan fingerprint density at radius 3 is 2.37 bits per heavy atom. The van der Waals surface area contributed by atoms with Crippen molar-refractivity contribution in [2.45, 2.75) is 6.92 Å². The predicted octanol–water partition coefficient (Wildman–Crippen LogP) is -0.334. The van der Waals surface area contributed by atoms with Crippen LogP contribution in [-0.4, -0.2) is 92.8 Å². The van der Waals surface area contributed by atoms with Gasteiger partial charge < -0.3 is 19.9 Å². The van der Waals surface area contributed by atoms with Crippen molar-refractivity contribution in [3.63, 3.8) is 0 Å². The number of piperazine rings is 1. The molecular weight excluding hydrogens is 244 g/mol. The van der Waals surface area contributed by atoms with Crippen molar-refractivity contribution in [2.24, 2.45) is 0 Å². The minimum absolute atomic E-state index is 0.0870. The Bertz CT molecular complexity index is 274. The first-order valence-electron chi connectivity index (χ1n) is 7.35. The summed E-state index contributed by atoms with van der Waals surface area (Å²) in [6.45, 7) is 12.1. The highest BCUT2D eigenvalue weighted by Crippen LogP contribution is 2.01. The van der Waals surface area contributed by atoms with E-state index in [0.29, 0.717) is 0 Å². The number of ether oxygens (including phenoxy) is 1. The monoisotopic (exact) mass is 270 g/mol. The Balaban J connectivity index is 1.59. The molecule has 2 amide bonds. The van der Waals surface area contributed by atoms with Crippen LogP contribution in [0, 0.1) is 0 Å². The van der Waals surface area contributed by atoms with Gasteiger partial charge in [-0.25, -0.2) is 4.79 Å². The number of hydrogen-bond acceptors (Lipinski definition) is 4. The fraction of sp³-hybridized carbons (Fsp3) is 0.923. The first-order chi connectivity index (χ1) is 9.29. The van der Waals surface area contributed by atoms with Crippen molar-refractivity contribution in [3.05, 3.63) is 0 Å². The molecule has 0 spiro atoms. The molecule has 19 heavy (non-hydrogen) atoms.